The summed E-state index contributed by atoms with van der Waals surface area (Å²) in [6.45, 7) is 10.8. The summed E-state index contributed by atoms with van der Waals surface area (Å²) in [7, 11) is 0. The van der Waals surface area contributed by atoms with Crippen molar-refractivity contribution in [2.75, 3.05) is 23.7 Å². The van der Waals surface area contributed by atoms with Crippen LogP contribution in [0.15, 0.2) is 28.9 Å². The van der Waals surface area contributed by atoms with E-state index in [0.29, 0.717) is 34.4 Å². The lowest BCUT2D eigenvalue weighted by Crippen LogP contribution is -2.33. The number of aryl methyl sites for hydroxylation is 4. The first-order valence-corrected chi connectivity index (χ1v) is 12.4. The maximum Gasteiger partial charge on any atom is 0.229 e. The Hall–Kier alpha value is -3.50. The van der Waals surface area contributed by atoms with Gasteiger partial charge in [0.2, 0.25) is 11.8 Å². The van der Waals surface area contributed by atoms with Gasteiger partial charge >= 0.3 is 0 Å². The molecule has 4 aromatic rings. The number of rotatable bonds is 7. The molecular formula is C25H30ClN9O. The minimum absolute atomic E-state index is 0.422. The van der Waals surface area contributed by atoms with E-state index in [4.69, 9.17) is 16.1 Å². The molecule has 11 heteroatoms. The predicted molar refractivity (Wildman–Crippen MR) is 139 cm³/mol. The smallest absolute Gasteiger partial charge is 0.229 e. The summed E-state index contributed by atoms with van der Waals surface area (Å²) in [6, 6.07) is 6.36. The number of nitrogens with one attached hydrogen (secondary N) is 3. The predicted octanol–water partition coefficient (Wildman–Crippen LogP) is 5.34. The van der Waals surface area contributed by atoms with Crippen molar-refractivity contribution in [2.24, 2.45) is 0 Å². The van der Waals surface area contributed by atoms with Crippen LogP contribution in [0, 0.1) is 27.7 Å². The molecule has 10 nitrogen and oxygen atoms in total. The van der Waals surface area contributed by atoms with Gasteiger partial charge in [-0.05, 0) is 75.4 Å². The second kappa shape index (κ2) is 10.2. The molecule has 0 aliphatic carbocycles. The third-order valence-electron chi connectivity index (χ3n) is 6.52. The first-order valence-electron chi connectivity index (χ1n) is 12.1. The molecule has 1 fully saturated rings. The molecule has 1 aliphatic heterocycles. The number of aromatic nitrogens is 6. The summed E-state index contributed by atoms with van der Waals surface area (Å²) < 4.78 is 5.10. The molecule has 0 spiro atoms. The van der Waals surface area contributed by atoms with Gasteiger partial charge in [0.1, 0.15) is 5.02 Å². The molecule has 3 N–H and O–H groups in total. The first-order chi connectivity index (χ1) is 17.3. The average Bonchev–Trinajstić information content (AvgIpc) is 3.46. The summed E-state index contributed by atoms with van der Waals surface area (Å²) in [5, 5.41) is 18.0. The number of piperidine rings is 1. The quantitative estimate of drug-likeness (QED) is 0.304. The van der Waals surface area contributed by atoms with Crippen LogP contribution >= 0.6 is 11.6 Å². The first kappa shape index (κ1) is 24.2. The highest BCUT2D eigenvalue weighted by atomic mass is 35.5. The SMILES string of the molecule is Cc1cc(Nc2nc(Nc3cc(C)c(C4CCN(Cc5noc(C)n5)CC4)cc3C)ncc2Cl)n[nH]1. The van der Waals surface area contributed by atoms with E-state index in [1.165, 1.54) is 11.1 Å². The number of halogens is 1. The van der Waals surface area contributed by atoms with Gasteiger partial charge in [0, 0.05) is 24.4 Å². The van der Waals surface area contributed by atoms with Crippen LogP contribution in [0.1, 0.15) is 52.9 Å². The van der Waals surface area contributed by atoms with Crippen molar-refractivity contribution in [3.05, 3.63) is 63.5 Å². The molecule has 3 aromatic heterocycles. The molecule has 0 bridgehead atoms. The van der Waals surface area contributed by atoms with Crippen molar-refractivity contribution in [2.45, 2.75) is 53.0 Å². The van der Waals surface area contributed by atoms with E-state index in [1.54, 1.807) is 6.20 Å². The van der Waals surface area contributed by atoms with Crippen LogP contribution in [0.4, 0.5) is 23.3 Å². The second-order valence-corrected chi connectivity index (χ2v) is 9.79. The van der Waals surface area contributed by atoms with Crippen molar-refractivity contribution in [1.29, 1.82) is 0 Å². The number of benzene rings is 1. The van der Waals surface area contributed by atoms with Crippen LogP contribution in [-0.2, 0) is 6.54 Å². The zero-order valence-electron chi connectivity index (χ0n) is 20.9. The molecule has 1 saturated heterocycles. The Balaban J connectivity index is 1.25. The lowest BCUT2D eigenvalue weighted by molar-refractivity contribution is 0.197. The molecule has 4 heterocycles. The summed E-state index contributed by atoms with van der Waals surface area (Å²) in [4.78, 5) is 15.6. The lowest BCUT2D eigenvalue weighted by atomic mass is 9.85. The molecule has 0 amide bonds. The third-order valence-corrected chi connectivity index (χ3v) is 6.79. The Kier molecular flexibility index (Phi) is 6.88. The van der Waals surface area contributed by atoms with Crippen LogP contribution in [0.5, 0.6) is 0 Å². The normalized spacial score (nSPS) is 14.8. The number of hydrogen-bond acceptors (Lipinski definition) is 9. The molecule has 1 aromatic carbocycles. The van der Waals surface area contributed by atoms with Crippen LogP contribution in [0.3, 0.4) is 0 Å². The Bertz CT molecular complexity index is 1360. The number of hydrogen-bond donors (Lipinski definition) is 3. The fraction of sp³-hybridized carbons (Fsp3) is 0.400. The van der Waals surface area contributed by atoms with Gasteiger partial charge in [-0.2, -0.15) is 15.1 Å². The zero-order valence-corrected chi connectivity index (χ0v) is 21.6. The fourth-order valence-corrected chi connectivity index (χ4v) is 4.80. The Morgan fingerprint density at radius 1 is 1.06 bits per heavy atom. The van der Waals surface area contributed by atoms with E-state index >= 15 is 0 Å². The largest absolute Gasteiger partial charge is 0.340 e. The number of likely N-dealkylation sites (tertiary alicyclic amines) is 1. The Morgan fingerprint density at radius 3 is 2.56 bits per heavy atom. The molecule has 1 aliphatic rings. The fourth-order valence-electron chi connectivity index (χ4n) is 4.66. The monoisotopic (exact) mass is 507 g/mol. The third kappa shape index (κ3) is 5.50. The van der Waals surface area contributed by atoms with Crippen LogP contribution in [0.2, 0.25) is 5.02 Å². The Labute approximate surface area is 214 Å². The van der Waals surface area contributed by atoms with E-state index in [-0.39, 0.29) is 0 Å². The molecule has 5 rings (SSSR count). The summed E-state index contributed by atoms with van der Waals surface area (Å²) in [5.74, 6) is 3.51. The summed E-state index contributed by atoms with van der Waals surface area (Å²) in [6.07, 6.45) is 3.79. The maximum atomic E-state index is 6.31. The van der Waals surface area contributed by atoms with E-state index in [9.17, 15) is 0 Å². The van der Waals surface area contributed by atoms with Crippen molar-refractivity contribution in [3.8, 4) is 0 Å². The summed E-state index contributed by atoms with van der Waals surface area (Å²) >= 11 is 6.31. The molecule has 0 atom stereocenters. The van der Waals surface area contributed by atoms with E-state index in [0.717, 1.165) is 55.2 Å². The van der Waals surface area contributed by atoms with Crippen molar-refractivity contribution >= 4 is 34.9 Å². The number of nitrogens with zero attached hydrogens (tertiary/aromatic N) is 6. The highest BCUT2D eigenvalue weighted by Crippen LogP contribution is 2.34. The summed E-state index contributed by atoms with van der Waals surface area (Å²) in [5.41, 5.74) is 5.73. The van der Waals surface area contributed by atoms with Crippen molar-refractivity contribution in [3.63, 3.8) is 0 Å². The van der Waals surface area contributed by atoms with E-state index in [1.807, 2.05) is 19.9 Å². The standard InChI is InChI=1S/C25H30ClN9O/c1-14-10-21(29-25-27-12-20(26)24(31-25)30-22-11-16(3)32-33-22)15(2)9-19(14)18-5-7-35(8-6-18)13-23-28-17(4)36-34-23/h9-12,18H,5-8,13H2,1-4H3,(H3,27,29,30,31,32,33). The highest BCUT2D eigenvalue weighted by Gasteiger charge is 2.23. The maximum absolute atomic E-state index is 6.31. The van der Waals surface area contributed by atoms with Crippen LogP contribution < -0.4 is 10.6 Å². The molecular weight excluding hydrogens is 478 g/mol. The highest BCUT2D eigenvalue weighted by molar-refractivity contribution is 6.32. The minimum Gasteiger partial charge on any atom is -0.340 e. The van der Waals surface area contributed by atoms with E-state index < -0.39 is 0 Å². The lowest BCUT2D eigenvalue weighted by Gasteiger charge is -2.32. The second-order valence-electron chi connectivity index (χ2n) is 9.38. The van der Waals surface area contributed by atoms with Gasteiger partial charge in [-0.1, -0.05) is 22.8 Å². The number of aromatic amines is 1. The van der Waals surface area contributed by atoms with Gasteiger partial charge in [-0.3, -0.25) is 10.00 Å². The molecule has 0 saturated carbocycles. The van der Waals surface area contributed by atoms with Crippen molar-refractivity contribution in [1.82, 2.24) is 35.2 Å². The molecule has 36 heavy (non-hydrogen) atoms. The topological polar surface area (TPSA) is 121 Å². The van der Waals surface area contributed by atoms with Crippen LogP contribution in [0.25, 0.3) is 0 Å². The molecule has 0 unspecified atom stereocenters. The minimum atomic E-state index is 0.422. The van der Waals surface area contributed by atoms with Gasteiger partial charge in [0.25, 0.3) is 0 Å². The van der Waals surface area contributed by atoms with Crippen molar-refractivity contribution < 1.29 is 4.52 Å². The zero-order chi connectivity index (χ0) is 25.2. The van der Waals surface area contributed by atoms with Gasteiger partial charge in [-0.15, -0.1) is 0 Å². The average molecular weight is 508 g/mol. The van der Waals surface area contributed by atoms with Gasteiger partial charge in [-0.25, -0.2) is 4.98 Å². The Morgan fingerprint density at radius 2 is 1.86 bits per heavy atom. The van der Waals surface area contributed by atoms with Crippen LogP contribution in [-0.4, -0.2) is 48.3 Å². The molecule has 0 radical (unpaired) electrons. The van der Waals surface area contributed by atoms with E-state index in [2.05, 4.69) is 71.8 Å². The van der Waals surface area contributed by atoms with Gasteiger partial charge in [0.05, 0.1) is 12.7 Å². The number of anilines is 4. The van der Waals surface area contributed by atoms with Gasteiger partial charge < -0.3 is 15.2 Å². The van der Waals surface area contributed by atoms with Gasteiger partial charge in [0.15, 0.2) is 17.5 Å². The molecule has 188 valence electrons. The number of H-pyrrole nitrogens is 1.